The zero-order valence-corrected chi connectivity index (χ0v) is 21.9. The maximum atomic E-state index is 15.0. The largest absolute Gasteiger partial charge is 0.379 e. The zero-order chi connectivity index (χ0) is 25.4. The van der Waals surface area contributed by atoms with Gasteiger partial charge in [0.2, 0.25) is 9.84 Å². The van der Waals surface area contributed by atoms with Gasteiger partial charge in [-0.25, -0.2) is 27.2 Å². The van der Waals surface area contributed by atoms with Gasteiger partial charge in [0, 0.05) is 41.6 Å². The molecular weight excluding hydrogens is 490 g/mol. The summed E-state index contributed by atoms with van der Waals surface area (Å²) >= 11 is 1.28. The Morgan fingerprint density at radius 1 is 1.20 bits per heavy atom. The van der Waals surface area contributed by atoms with Crippen molar-refractivity contribution in [3.63, 3.8) is 0 Å². The number of nitrogens with zero attached hydrogens (tertiary/aromatic N) is 3. The third-order valence-electron chi connectivity index (χ3n) is 6.28. The van der Waals surface area contributed by atoms with Crippen LogP contribution < -0.4 is 5.32 Å². The van der Waals surface area contributed by atoms with Gasteiger partial charge in [-0.2, -0.15) is 0 Å². The summed E-state index contributed by atoms with van der Waals surface area (Å²) in [5.41, 5.74) is 4.03. The average Bonchev–Trinajstić information content (AvgIpc) is 3.49. The number of benzene rings is 1. The highest BCUT2D eigenvalue weighted by molar-refractivity contribution is 7.90. The molecule has 4 rings (SSSR count). The Labute approximate surface area is 209 Å². The van der Waals surface area contributed by atoms with Gasteiger partial charge in [0.1, 0.15) is 5.82 Å². The smallest absolute Gasteiger partial charge is 0.204 e. The van der Waals surface area contributed by atoms with Gasteiger partial charge < -0.3 is 5.32 Å². The summed E-state index contributed by atoms with van der Waals surface area (Å²) in [6, 6.07) is 6.16. The van der Waals surface area contributed by atoms with Crippen molar-refractivity contribution < 1.29 is 17.2 Å². The average molecular weight is 521 g/mol. The fraction of sp³-hybridized carbons (Fsp3) is 0.440. The Morgan fingerprint density at radius 3 is 2.57 bits per heavy atom. The Morgan fingerprint density at radius 2 is 1.94 bits per heavy atom. The van der Waals surface area contributed by atoms with Crippen LogP contribution in [0.25, 0.3) is 0 Å². The van der Waals surface area contributed by atoms with E-state index in [2.05, 4.69) is 41.0 Å². The topological polar surface area (TPSA) is 75.2 Å². The van der Waals surface area contributed by atoms with E-state index in [1.807, 2.05) is 13.1 Å². The lowest BCUT2D eigenvalue weighted by Crippen LogP contribution is -2.37. The normalized spacial score (nSPS) is 14.5. The molecule has 0 atom stereocenters. The number of pyridine rings is 1. The molecular formula is C25H30F2N4O2S2. The molecule has 3 aromatic rings. The van der Waals surface area contributed by atoms with E-state index < -0.39 is 26.4 Å². The minimum absolute atomic E-state index is 0.0541. The molecule has 2 heterocycles. The van der Waals surface area contributed by atoms with Gasteiger partial charge >= 0.3 is 0 Å². The van der Waals surface area contributed by atoms with E-state index in [4.69, 9.17) is 0 Å². The standard InChI is InChI=1S/C25H30F2N4O2S2/c1-25(2,3)31(4)12-17-6-5-7-20(26)19(17)11-28-22-10-21(27)24(30-23(22)16-8-9-16)35(32,33)14-18-13-34-15-29-18/h5-7,10,13,15-16,28H,8-9,11-12,14H2,1-4H3. The maximum absolute atomic E-state index is 15.0. The van der Waals surface area contributed by atoms with Crippen LogP contribution in [0.3, 0.4) is 0 Å². The molecule has 1 aromatic carbocycles. The van der Waals surface area contributed by atoms with Gasteiger partial charge in [-0.3, -0.25) is 4.90 Å². The molecule has 188 valence electrons. The predicted molar refractivity (Wildman–Crippen MR) is 134 cm³/mol. The van der Waals surface area contributed by atoms with Crippen molar-refractivity contribution in [3.8, 4) is 0 Å². The molecule has 1 saturated carbocycles. The van der Waals surface area contributed by atoms with Crippen LogP contribution in [-0.2, 0) is 28.7 Å². The van der Waals surface area contributed by atoms with Gasteiger partial charge in [-0.15, -0.1) is 11.3 Å². The Kier molecular flexibility index (Phi) is 7.26. The van der Waals surface area contributed by atoms with Crippen molar-refractivity contribution >= 4 is 26.9 Å². The summed E-state index contributed by atoms with van der Waals surface area (Å²) in [6.07, 6.45) is 1.69. The molecule has 1 aliphatic rings. The number of thiazole rings is 1. The Balaban J connectivity index is 1.61. The third kappa shape index (κ3) is 6.05. The minimum atomic E-state index is -4.00. The Bertz CT molecular complexity index is 1300. The summed E-state index contributed by atoms with van der Waals surface area (Å²) in [4.78, 5) is 10.4. The fourth-order valence-electron chi connectivity index (χ4n) is 3.71. The van der Waals surface area contributed by atoms with Gasteiger partial charge in [0.15, 0.2) is 10.8 Å². The van der Waals surface area contributed by atoms with E-state index in [-0.39, 0.29) is 23.8 Å². The Hall–Kier alpha value is -2.43. The fourth-order valence-corrected chi connectivity index (χ4v) is 5.65. The quantitative estimate of drug-likeness (QED) is 0.401. The highest BCUT2D eigenvalue weighted by Crippen LogP contribution is 2.43. The number of hydrogen-bond donors (Lipinski definition) is 1. The van der Waals surface area contributed by atoms with Gasteiger partial charge in [0.05, 0.1) is 28.3 Å². The van der Waals surface area contributed by atoms with Gasteiger partial charge in [-0.05, 0) is 52.3 Å². The van der Waals surface area contributed by atoms with E-state index in [9.17, 15) is 12.8 Å². The number of nitrogens with one attached hydrogen (secondary N) is 1. The van der Waals surface area contributed by atoms with Crippen LogP contribution in [0, 0.1) is 11.6 Å². The van der Waals surface area contributed by atoms with Crippen molar-refractivity contribution in [1.82, 2.24) is 14.9 Å². The second-order valence-electron chi connectivity index (χ2n) is 9.98. The van der Waals surface area contributed by atoms with Crippen LogP contribution in [0.1, 0.15) is 62.0 Å². The van der Waals surface area contributed by atoms with Gasteiger partial charge in [-0.1, -0.05) is 12.1 Å². The van der Waals surface area contributed by atoms with E-state index in [0.29, 0.717) is 29.2 Å². The SMILES string of the molecule is CN(Cc1cccc(F)c1CNc1cc(F)c(S(=O)(=O)Cc2cscn2)nc1C1CC1)C(C)(C)C. The molecule has 0 saturated heterocycles. The minimum Gasteiger partial charge on any atom is -0.379 e. The summed E-state index contributed by atoms with van der Waals surface area (Å²) in [6.45, 7) is 6.94. The molecule has 0 spiro atoms. The zero-order valence-electron chi connectivity index (χ0n) is 20.3. The second-order valence-corrected chi connectivity index (χ2v) is 12.6. The number of halogens is 2. The van der Waals surface area contributed by atoms with Crippen LogP contribution in [-0.4, -0.2) is 35.9 Å². The first-order chi connectivity index (χ1) is 16.5. The molecule has 35 heavy (non-hydrogen) atoms. The van der Waals surface area contributed by atoms with E-state index in [1.165, 1.54) is 29.0 Å². The van der Waals surface area contributed by atoms with Crippen molar-refractivity contribution in [3.05, 3.63) is 69.3 Å². The summed E-state index contributed by atoms with van der Waals surface area (Å²) in [7, 11) is -2.02. The number of rotatable bonds is 9. The van der Waals surface area contributed by atoms with E-state index >= 15 is 4.39 Å². The summed E-state index contributed by atoms with van der Waals surface area (Å²) < 4.78 is 55.6. The number of aromatic nitrogens is 2. The molecule has 0 aliphatic heterocycles. The molecule has 0 radical (unpaired) electrons. The first-order valence-electron chi connectivity index (χ1n) is 11.5. The van der Waals surface area contributed by atoms with Crippen molar-refractivity contribution in [2.75, 3.05) is 12.4 Å². The van der Waals surface area contributed by atoms with E-state index in [0.717, 1.165) is 18.4 Å². The molecule has 0 bridgehead atoms. The van der Waals surface area contributed by atoms with Crippen molar-refractivity contribution in [1.29, 1.82) is 0 Å². The number of anilines is 1. The molecule has 1 aliphatic carbocycles. The van der Waals surface area contributed by atoms with Crippen molar-refractivity contribution in [2.24, 2.45) is 0 Å². The van der Waals surface area contributed by atoms with Crippen molar-refractivity contribution in [2.45, 2.75) is 68.9 Å². The molecule has 2 aromatic heterocycles. The highest BCUT2D eigenvalue weighted by atomic mass is 32.2. The molecule has 1 N–H and O–H groups in total. The predicted octanol–water partition coefficient (Wildman–Crippen LogP) is 5.51. The molecule has 0 amide bonds. The molecule has 10 heteroatoms. The lowest BCUT2D eigenvalue weighted by Gasteiger charge is -2.32. The molecule has 6 nitrogen and oxygen atoms in total. The molecule has 1 fully saturated rings. The van der Waals surface area contributed by atoms with Crippen LogP contribution >= 0.6 is 11.3 Å². The first-order valence-corrected chi connectivity index (χ1v) is 14.1. The molecule has 0 unspecified atom stereocenters. The van der Waals surface area contributed by atoms with Crippen LogP contribution in [0.15, 0.2) is 40.2 Å². The number of hydrogen-bond acceptors (Lipinski definition) is 7. The lowest BCUT2D eigenvalue weighted by molar-refractivity contribution is 0.167. The van der Waals surface area contributed by atoms with E-state index in [1.54, 1.807) is 11.4 Å². The highest BCUT2D eigenvalue weighted by Gasteiger charge is 2.32. The van der Waals surface area contributed by atoms with Crippen LogP contribution in [0.4, 0.5) is 14.5 Å². The van der Waals surface area contributed by atoms with Crippen LogP contribution in [0.5, 0.6) is 0 Å². The maximum Gasteiger partial charge on any atom is 0.204 e. The summed E-state index contributed by atoms with van der Waals surface area (Å²) in [5.74, 6) is -1.62. The monoisotopic (exact) mass is 520 g/mol. The number of sulfone groups is 1. The lowest BCUT2D eigenvalue weighted by atomic mass is 10.0. The van der Waals surface area contributed by atoms with Crippen LogP contribution in [0.2, 0.25) is 0 Å². The summed E-state index contributed by atoms with van der Waals surface area (Å²) in [5, 5.41) is 4.20. The third-order valence-corrected chi connectivity index (χ3v) is 8.46. The second kappa shape index (κ2) is 9.91. The first kappa shape index (κ1) is 25.7. The van der Waals surface area contributed by atoms with Gasteiger partial charge in [0.25, 0.3) is 0 Å².